The van der Waals surface area contributed by atoms with Crippen molar-refractivity contribution in [3.63, 3.8) is 0 Å². The van der Waals surface area contributed by atoms with Crippen LogP contribution < -0.4 is 10.1 Å². The fourth-order valence-corrected chi connectivity index (χ4v) is 5.00. The van der Waals surface area contributed by atoms with Crippen LogP contribution in [0.4, 0.5) is 8.78 Å². The minimum atomic E-state index is -3.79. The van der Waals surface area contributed by atoms with Gasteiger partial charge in [0.05, 0.1) is 4.90 Å². The Morgan fingerprint density at radius 3 is 2.62 bits per heavy atom. The number of amides is 1. The Morgan fingerprint density at radius 1 is 1.14 bits per heavy atom. The number of ether oxygens (including phenoxy) is 1. The molecule has 0 saturated carbocycles. The summed E-state index contributed by atoms with van der Waals surface area (Å²) in [5.41, 5.74) is 0.574. The summed E-state index contributed by atoms with van der Waals surface area (Å²) in [6.45, 7) is -2.58. The molecule has 29 heavy (non-hydrogen) atoms. The highest BCUT2D eigenvalue weighted by Crippen LogP contribution is 2.25. The molecule has 1 amide bonds. The molecule has 0 bridgehead atoms. The molecule has 1 heterocycles. The van der Waals surface area contributed by atoms with E-state index in [4.69, 9.17) is 0 Å². The zero-order valence-electron chi connectivity index (χ0n) is 15.6. The van der Waals surface area contributed by atoms with Crippen LogP contribution in [0.1, 0.15) is 24.8 Å². The van der Waals surface area contributed by atoms with Crippen molar-refractivity contribution >= 4 is 15.9 Å². The number of carbonyl (C=O) groups is 1. The van der Waals surface area contributed by atoms with E-state index in [1.807, 2.05) is 0 Å². The molecular weight excluding hydrogens is 402 g/mol. The maximum Gasteiger partial charge on any atom is 0.387 e. The SMILES string of the molecule is O=C(NCc1cccc(OC(F)F)c1)C1CCCCN1S(=O)(=O)c1ccccc1. The lowest BCUT2D eigenvalue weighted by Gasteiger charge is -2.33. The van der Waals surface area contributed by atoms with Crippen LogP contribution in [0.25, 0.3) is 0 Å². The molecule has 1 unspecified atom stereocenters. The normalized spacial score (nSPS) is 17.8. The Morgan fingerprint density at radius 2 is 1.90 bits per heavy atom. The number of alkyl halides is 2. The van der Waals surface area contributed by atoms with Gasteiger partial charge in [-0.2, -0.15) is 13.1 Å². The van der Waals surface area contributed by atoms with Gasteiger partial charge in [0.2, 0.25) is 15.9 Å². The van der Waals surface area contributed by atoms with Gasteiger partial charge >= 0.3 is 6.61 Å². The molecular formula is C20H22F2N2O4S. The molecule has 0 spiro atoms. The van der Waals surface area contributed by atoms with E-state index in [0.29, 0.717) is 18.4 Å². The van der Waals surface area contributed by atoms with Crippen LogP contribution in [-0.2, 0) is 21.4 Å². The Bertz CT molecular complexity index is 939. The minimum Gasteiger partial charge on any atom is -0.435 e. The van der Waals surface area contributed by atoms with Gasteiger partial charge in [-0.3, -0.25) is 4.79 Å². The molecule has 156 valence electrons. The van der Waals surface area contributed by atoms with Crippen LogP contribution in [0, 0.1) is 0 Å². The number of rotatable bonds is 7. The summed E-state index contributed by atoms with van der Waals surface area (Å²) >= 11 is 0. The lowest BCUT2D eigenvalue weighted by atomic mass is 10.0. The summed E-state index contributed by atoms with van der Waals surface area (Å²) in [5, 5.41) is 2.71. The molecule has 1 atom stereocenters. The summed E-state index contributed by atoms with van der Waals surface area (Å²) in [5.74, 6) is -0.415. The Kier molecular flexibility index (Phi) is 6.81. The van der Waals surface area contributed by atoms with E-state index in [9.17, 15) is 22.0 Å². The van der Waals surface area contributed by atoms with Crippen LogP contribution in [0.2, 0.25) is 0 Å². The summed E-state index contributed by atoms with van der Waals surface area (Å²) < 4.78 is 56.3. The van der Waals surface area contributed by atoms with E-state index in [1.54, 1.807) is 30.3 Å². The Hall–Kier alpha value is -2.52. The average molecular weight is 424 g/mol. The van der Waals surface area contributed by atoms with Gasteiger partial charge in [0, 0.05) is 13.1 Å². The quantitative estimate of drug-likeness (QED) is 0.741. The number of nitrogens with one attached hydrogen (secondary N) is 1. The van der Waals surface area contributed by atoms with E-state index < -0.39 is 28.6 Å². The number of hydrogen-bond acceptors (Lipinski definition) is 4. The second-order valence-electron chi connectivity index (χ2n) is 6.68. The van der Waals surface area contributed by atoms with Gasteiger partial charge in [-0.1, -0.05) is 36.8 Å². The van der Waals surface area contributed by atoms with Crippen LogP contribution in [-0.4, -0.2) is 37.8 Å². The van der Waals surface area contributed by atoms with Gasteiger partial charge in [-0.25, -0.2) is 8.42 Å². The lowest BCUT2D eigenvalue weighted by Crippen LogP contribution is -2.51. The summed E-state index contributed by atoms with van der Waals surface area (Å²) in [7, 11) is -3.79. The zero-order chi connectivity index (χ0) is 20.9. The molecule has 1 N–H and O–H groups in total. The first-order chi connectivity index (χ1) is 13.9. The van der Waals surface area contributed by atoms with E-state index in [2.05, 4.69) is 10.1 Å². The number of piperidine rings is 1. The highest BCUT2D eigenvalue weighted by atomic mass is 32.2. The second kappa shape index (κ2) is 9.32. The van der Waals surface area contributed by atoms with E-state index in [1.165, 1.54) is 28.6 Å². The second-order valence-corrected chi connectivity index (χ2v) is 8.57. The molecule has 3 rings (SSSR count). The topological polar surface area (TPSA) is 75.7 Å². The molecule has 1 aliphatic rings. The fraction of sp³-hybridized carbons (Fsp3) is 0.350. The molecule has 2 aromatic carbocycles. The highest BCUT2D eigenvalue weighted by Gasteiger charge is 2.37. The number of benzene rings is 2. The van der Waals surface area contributed by atoms with Gasteiger partial charge in [-0.15, -0.1) is 0 Å². The number of halogens is 2. The number of nitrogens with zero attached hydrogens (tertiary/aromatic N) is 1. The van der Waals surface area contributed by atoms with Crippen molar-refractivity contribution in [2.45, 2.75) is 43.4 Å². The maximum atomic E-state index is 13.0. The minimum absolute atomic E-state index is 0.00213. The molecule has 0 aliphatic carbocycles. The largest absolute Gasteiger partial charge is 0.435 e. The van der Waals surface area contributed by atoms with Crippen LogP contribution >= 0.6 is 0 Å². The molecule has 1 aliphatic heterocycles. The summed E-state index contributed by atoms with van der Waals surface area (Å²) in [6.07, 6.45) is 1.85. The first-order valence-corrected chi connectivity index (χ1v) is 10.7. The molecule has 2 aromatic rings. The van der Waals surface area contributed by atoms with Crippen LogP contribution in [0.5, 0.6) is 5.75 Å². The van der Waals surface area contributed by atoms with Gasteiger partial charge in [0.15, 0.2) is 0 Å². The highest BCUT2D eigenvalue weighted by molar-refractivity contribution is 7.89. The van der Waals surface area contributed by atoms with E-state index in [-0.39, 0.29) is 23.7 Å². The van der Waals surface area contributed by atoms with E-state index in [0.717, 1.165) is 6.42 Å². The fourth-order valence-electron chi connectivity index (χ4n) is 3.32. The molecule has 0 radical (unpaired) electrons. The summed E-state index contributed by atoms with van der Waals surface area (Å²) in [6, 6.07) is 13.2. The Labute approximate surface area is 168 Å². The van der Waals surface area contributed by atoms with Crippen molar-refractivity contribution in [3.8, 4) is 5.75 Å². The maximum absolute atomic E-state index is 13.0. The number of sulfonamides is 1. The molecule has 0 aromatic heterocycles. The number of carbonyl (C=O) groups excluding carboxylic acids is 1. The summed E-state index contributed by atoms with van der Waals surface area (Å²) in [4.78, 5) is 12.9. The van der Waals surface area contributed by atoms with Gasteiger partial charge in [-0.05, 0) is 42.7 Å². The van der Waals surface area contributed by atoms with Gasteiger partial charge in [0.1, 0.15) is 11.8 Å². The smallest absolute Gasteiger partial charge is 0.387 e. The van der Waals surface area contributed by atoms with Gasteiger partial charge < -0.3 is 10.1 Å². The number of hydrogen-bond donors (Lipinski definition) is 1. The standard InChI is InChI=1S/C20H22F2N2O4S/c21-20(22)28-16-8-6-7-15(13-16)14-23-19(25)18-11-4-5-12-24(18)29(26,27)17-9-2-1-3-10-17/h1-3,6-10,13,18,20H,4-5,11-12,14H2,(H,23,25). The van der Waals surface area contributed by atoms with Gasteiger partial charge in [0.25, 0.3) is 0 Å². The first-order valence-electron chi connectivity index (χ1n) is 9.26. The molecule has 1 fully saturated rings. The predicted octanol–water partition coefficient (Wildman–Crippen LogP) is 3.15. The first kappa shape index (κ1) is 21.2. The van der Waals surface area contributed by atoms with Crippen molar-refractivity contribution in [1.82, 2.24) is 9.62 Å². The third kappa shape index (κ3) is 5.30. The average Bonchev–Trinajstić information content (AvgIpc) is 2.72. The molecule has 1 saturated heterocycles. The molecule has 9 heteroatoms. The predicted molar refractivity (Wildman–Crippen MR) is 103 cm³/mol. The Balaban J connectivity index is 1.70. The monoisotopic (exact) mass is 424 g/mol. The van der Waals surface area contributed by atoms with E-state index >= 15 is 0 Å². The van der Waals surface area contributed by atoms with Crippen molar-refractivity contribution in [2.75, 3.05) is 6.54 Å². The van der Waals surface area contributed by atoms with Crippen molar-refractivity contribution in [2.24, 2.45) is 0 Å². The molecule has 6 nitrogen and oxygen atoms in total. The lowest BCUT2D eigenvalue weighted by molar-refractivity contribution is -0.125. The third-order valence-electron chi connectivity index (χ3n) is 4.70. The van der Waals surface area contributed by atoms with Crippen LogP contribution in [0.3, 0.4) is 0 Å². The van der Waals surface area contributed by atoms with Crippen molar-refractivity contribution in [3.05, 3.63) is 60.2 Å². The third-order valence-corrected chi connectivity index (χ3v) is 6.62. The van der Waals surface area contributed by atoms with Crippen molar-refractivity contribution < 1.29 is 26.7 Å². The van der Waals surface area contributed by atoms with Crippen molar-refractivity contribution in [1.29, 1.82) is 0 Å². The van der Waals surface area contributed by atoms with Crippen LogP contribution in [0.15, 0.2) is 59.5 Å². The zero-order valence-corrected chi connectivity index (χ0v) is 16.4.